The summed E-state index contributed by atoms with van der Waals surface area (Å²) in [4.78, 5) is 24.6. The van der Waals surface area contributed by atoms with Crippen LogP contribution in [0.4, 0.5) is 0 Å². The summed E-state index contributed by atoms with van der Waals surface area (Å²) in [5.74, 6) is -0.561. The van der Waals surface area contributed by atoms with Crippen molar-refractivity contribution in [2.75, 3.05) is 13.1 Å². The standard InChI is InChI=1S/C17H36N8O2/c1-11(26)12(7-5-9-22-15(18)19)24-14(27)13(25-17(2,3)4)8-6-10-23-16(20)21/h12-13,25H,5-10H2,1-4H3,(H,24,27)(H4,18,19,22)(H4,20,21,23). The summed E-state index contributed by atoms with van der Waals surface area (Å²) in [5, 5.41) is 25.8. The molecule has 0 aromatic heterocycles. The lowest BCUT2D eigenvalue weighted by molar-refractivity contribution is -0.128. The maximum absolute atomic E-state index is 12.7. The van der Waals surface area contributed by atoms with Crippen LogP contribution in [0, 0.1) is 10.8 Å². The number of rotatable bonds is 12. The predicted octanol–water partition coefficient (Wildman–Crippen LogP) is -0.657. The maximum Gasteiger partial charge on any atom is 0.237 e. The van der Waals surface area contributed by atoms with Crippen LogP contribution in [0.2, 0.25) is 0 Å². The topological polar surface area (TPSA) is 182 Å². The van der Waals surface area contributed by atoms with Gasteiger partial charge in [0.05, 0.1) is 12.1 Å². The van der Waals surface area contributed by atoms with Crippen molar-refractivity contribution in [2.24, 2.45) is 11.5 Å². The van der Waals surface area contributed by atoms with Crippen LogP contribution >= 0.6 is 0 Å². The van der Waals surface area contributed by atoms with Crippen LogP contribution in [0.15, 0.2) is 0 Å². The molecule has 10 N–H and O–H groups in total. The van der Waals surface area contributed by atoms with Gasteiger partial charge < -0.3 is 32.7 Å². The largest absolute Gasteiger partial charge is 0.370 e. The van der Waals surface area contributed by atoms with Gasteiger partial charge in [0.15, 0.2) is 17.7 Å². The summed E-state index contributed by atoms with van der Waals surface area (Å²) in [5.41, 5.74) is 10.2. The molecule has 0 saturated heterocycles. The zero-order chi connectivity index (χ0) is 21.0. The fourth-order valence-electron chi connectivity index (χ4n) is 2.50. The molecule has 0 rings (SSSR count). The van der Waals surface area contributed by atoms with E-state index >= 15 is 0 Å². The van der Waals surface area contributed by atoms with Crippen LogP contribution in [-0.2, 0) is 9.59 Å². The molecule has 10 nitrogen and oxygen atoms in total. The smallest absolute Gasteiger partial charge is 0.237 e. The molecule has 156 valence electrons. The fourth-order valence-corrected chi connectivity index (χ4v) is 2.50. The number of nitrogens with one attached hydrogen (secondary N) is 6. The Morgan fingerprint density at radius 1 is 0.926 bits per heavy atom. The van der Waals surface area contributed by atoms with Crippen LogP contribution in [-0.4, -0.2) is 54.3 Å². The van der Waals surface area contributed by atoms with Crippen molar-refractivity contribution in [3.8, 4) is 0 Å². The molecule has 2 unspecified atom stereocenters. The third-order valence-electron chi connectivity index (χ3n) is 3.70. The van der Waals surface area contributed by atoms with Crippen molar-refractivity contribution >= 4 is 23.6 Å². The molecule has 0 fully saturated rings. The van der Waals surface area contributed by atoms with Crippen molar-refractivity contribution in [3.63, 3.8) is 0 Å². The Labute approximate surface area is 161 Å². The lowest BCUT2D eigenvalue weighted by atomic mass is 10.0. The van der Waals surface area contributed by atoms with E-state index < -0.39 is 12.1 Å². The number of Topliss-reactive ketones (excluding diaryl/α,β-unsaturated/α-hetero) is 1. The molecule has 27 heavy (non-hydrogen) atoms. The molecule has 10 heteroatoms. The van der Waals surface area contributed by atoms with Gasteiger partial charge in [0, 0.05) is 18.6 Å². The molecule has 0 spiro atoms. The summed E-state index contributed by atoms with van der Waals surface area (Å²) in [6.45, 7) is 8.32. The van der Waals surface area contributed by atoms with Gasteiger partial charge in [-0.2, -0.15) is 0 Å². The second kappa shape index (κ2) is 12.1. The number of ketones is 1. The van der Waals surface area contributed by atoms with Gasteiger partial charge in [-0.3, -0.25) is 20.4 Å². The van der Waals surface area contributed by atoms with Crippen LogP contribution < -0.4 is 32.7 Å². The van der Waals surface area contributed by atoms with E-state index in [1.807, 2.05) is 20.8 Å². The zero-order valence-corrected chi connectivity index (χ0v) is 16.9. The minimum absolute atomic E-state index is 0.101. The lowest BCUT2D eigenvalue weighted by Gasteiger charge is -2.29. The van der Waals surface area contributed by atoms with Crippen LogP contribution in [0.3, 0.4) is 0 Å². The quantitative estimate of drug-likeness (QED) is 0.125. The Balaban J connectivity index is 4.75. The third-order valence-corrected chi connectivity index (χ3v) is 3.70. The van der Waals surface area contributed by atoms with Crippen molar-refractivity contribution in [2.45, 2.75) is 71.0 Å². The number of hydrogen-bond donors (Lipinski definition) is 8. The summed E-state index contributed by atoms with van der Waals surface area (Å²) in [7, 11) is 0. The van der Waals surface area contributed by atoms with Gasteiger partial charge in [-0.05, 0) is 53.4 Å². The molecule has 0 saturated carbocycles. The van der Waals surface area contributed by atoms with Gasteiger partial charge in [0.1, 0.15) is 0 Å². The predicted molar refractivity (Wildman–Crippen MR) is 108 cm³/mol. The highest BCUT2D eigenvalue weighted by Crippen LogP contribution is 2.08. The first-order valence-corrected chi connectivity index (χ1v) is 9.16. The fraction of sp³-hybridized carbons (Fsp3) is 0.765. The van der Waals surface area contributed by atoms with Gasteiger partial charge in [-0.15, -0.1) is 0 Å². The molecule has 0 bridgehead atoms. The normalized spacial score (nSPS) is 13.3. The Morgan fingerprint density at radius 3 is 1.74 bits per heavy atom. The summed E-state index contributed by atoms with van der Waals surface area (Å²) < 4.78 is 0. The van der Waals surface area contributed by atoms with E-state index in [1.165, 1.54) is 6.92 Å². The molecule has 0 radical (unpaired) electrons. The van der Waals surface area contributed by atoms with Crippen molar-refractivity contribution in [3.05, 3.63) is 0 Å². The molecule has 2 atom stereocenters. The highest BCUT2D eigenvalue weighted by Gasteiger charge is 2.26. The Kier molecular flexibility index (Phi) is 11.0. The van der Waals surface area contributed by atoms with E-state index in [4.69, 9.17) is 22.3 Å². The first kappa shape index (κ1) is 24.6. The molecule has 0 heterocycles. The summed E-state index contributed by atoms with van der Waals surface area (Å²) in [6.07, 6.45) is 2.26. The molecule has 0 aliphatic heterocycles. The summed E-state index contributed by atoms with van der Waals surface area (Å²) >= 11 is 0. The van der Waals surface area contributed by atoms with Crippen molar-refractivity contribution in [1.29, 1.82) is 10.8 Å². The van der Waals surface area contributed by atoms with Crippen molar-refractivity contribution < 1.29 is 9.59 Å². The van der Waals surface area contributed by atoms with Gasteiger partial charge in [-0.25, -0.2) is 0 Å². The number of amides is 1. The van der Waals surface area contributed by atoms with E-state index in [1.54, 1.807) is 0 Å². The molecular weight excluding hydrogens is 348 g/mol. The molecule has 0 aliphatic rings. The molecule has 0 aliphatic carbocycles. The number of guanidine groups is 2. The SMILES string of the molecule is CC(=O)C(CCCNC(=N)N)NC(=O)C(CCCNC(=N)N)NC(C)(C)C. The van der Waals surface area contributed by atoms with E-state index in [0.717, 1.165) is 0 Å². The first-order chi connectivity index (χ1) is 12.4. The Bertz CT molecular complexity index is 516. The molecule has 1 amide bonds. The second-order valence-corrected chi connectivity index (χ2v) is 7.58. The van der Waals surface area contributed by atoms with Crippen molar-refractivity contribution in [1.82, 2.24) is 21.3 Å². The highest BCUT2D eigenvalue weighted by atomic mass is 16.2. The number of hydrogen-bond acceptors (Lipinski definition) is 5. The molecule has 0 aromatic carbocycles. The van der Waals surface area contributed by atoms with Gasteiger partial charge in [0.2, 0.25) is 5.91 Å². The number of carbonyl (C=O) groups is 2. The van der Waals surface area contributed by atoms with Crippen LogP contribution in [0.1, 0.15) is 53.4 Å². The second-order valence-electron chi connectivity index (χ2n) is 7.58. The molecular formula is C17H36N8O2. The number of carbonyl (C=O) groups excluding carboxylic acids is 2. The maximum atomic E-state index is 12.7. The monoisotopic (exact) mass is 384 g/mol. The van der Waals surface area contributed by atoms with Gasteiger partial charge in [0.25, 0.3) is 0 Å². The Hall–Kier alpha value is -2.36. The van der Waals surface area contributed by atoms with Crippen LogP contribution in [0.5, 0.6) is 0 Å². The van der Waals surface area contributed by atoms with E-state index in [0.29, 0.717) is 38.8 Å². The first-order valence-electron chi connectivity index (χ1n) is 9.16. The minimum Gasteiger partial charge on any atom is -0.370 e. The number of nitrogens with two attached hydrogens (primary N) is 2. The molecule has 0 aromatic rings. The summed E-state index contributed by atoms with van der Waals surface area (Å²) in [6, 6.07) is -1.04. The minimum atomic E-state index is -0.578. The van der Waals surface area contributed by atoms with Crippen LogP contribution in [0.25, 0.3) is 0 Å². The highest BCUT2D eigenvalue weighted by molar-refractivity contribution is 5.89. The van der Waals surface area contributed by atoms with E-state index in [2.05, 4.69) is 21.3 Å². The van der Waals surface area contributed by atoms with Gasteiger partial charge in [-0.1, -0.05) is 0 Å². The lowest BCUT2D eigenvalue weighted by Crippen LogP contribution is -2.54. The van der Waals surface area contributed by atoms with E-state index in [9.17, 15) is 9.59 Å². The third kappa shape index (κ3) is 13.5. The zero-order valence-electron chi connectivity index (χ0n) is 16.9. The van der Waals surface area contributed by atoms with E-state index in [-0.39, 0.29) is 29.1 Å². The van der Waals surface area contributed by atoms with Gasteiger partial charge >= 0.3 is 0 Å². The average Bonchev–Trinajstić information content (AvgIpc) is 2.51. The Morgan fingerprint density at radius 2 is 1.37 bits per heavy atom. The average molecular weight is 385 g/mol.